The summed E-state index contributed by atoms with van der Waals surface area (Å²) in [6.07, 6.45) is 0. The topological polar surface area (TPSA) is 0 Å². The van der Waals surface area contributed by atoms with E-state index in [1.807, 2.05) is 0 Å². The molecule has 15 heavy (non-hydrogen) atoms. The Balaban J connectivity index is 0.00000112. The van der Waals surface area contributed by atoms with Crippen LogP contribution < -0.4 is 38.2 Å². The van der Waals surface area contributed by atoms with E-state index >= 15 is 0 Å². The van der Waals surface area contributed by atoms with Crippen LogP contribution in [0.2, 0.25) is 0 Å². The van der Waals surface area contributed by atoms with Crippen molar-refractivity contribution < 1.29 is 38.2 Å². The number of hydrogen-bond acceptors (Lipinski definition) is 0. The summed E-state index contributed by atoms with van der Waals surface area (Å²) in [6.45, 7) is 0. The lowest BCUT2D eigenvalue weighted by atomic mass is 10.4. The standard InChI is InChI=1S/C12H9I2.BrH/c13-10-6-8-12(9-7-10)14-11-4-2-1-3-5-11;/h1-9H;1H/q+1;/p-1. The molecule has 0 aliphatic carbocycles. The van der Waals surface area contributed by atoms with Gasteiger partial charge in [0.25, 0.3) is 0 Å². The van der Waals surface area contributed by atoms with Crippen molar-refractivity contribution in [2.45, 2.75) is 0 Å². The first-order chi connectivity index (χ1) is 6.84. The van der Waals surface area contributed by atoms with Crippen LogP contribution in [0.4, 0.5) is 0 Å². The van der Waals surface area contributed by atoms with Crippen molar-refractivity contribution in [2.75, 3.05) is 0 Å². The van der Waals surface area contributed by atoms with E-state index in [0.717, 1.165) is 0 Å². The predicted molar refractivity (Wildman–Crippen MR) is 63.0 cm³/mol. The van der Waals surface area contributed by atoms with Crippen LogP contribution in [-0.4, -0.2) is 0 Å². The molecule has 0 amide bonds. The van der Waals surface area contributed by atoms with Crippen LogP contribution in [0.3, 0.4) is 0 Å². The molecule has 2 aromatic rings. The van der Waals surface area contributed by atoms with Gasteiger partial charge >= 0.3 is 21.2 Å². The van der Waals surface area contributed by atoms with Crippen molar-refractivity contribution in [2.24, 2.45) is 0 Å². The first kappa shape index (κ1) is 13.4. The highest BCUT2D eigenvalue weighted by molar-refractivity contribution is 14.1. The van der Waals surface area contributed by atoms with Crippen molar-refractivity contribution in [3.63, 3.8) is 0 Å². The van der Waals surface area contributed by atoms with Crippen LogP contribution in [0.5, 0.6) is 0 Å². The molecule has 0 saturated carbocycles. The summed E-state index contributed by atoms with van der Waals surface area (Å²) in [5.74, 6) is 0. The zero-order chi connectivity index (χ0) is 9.80. The second-order valence-electron chi connectivity index (χ2n) is 2.83. The summed E-state index contributed by atoms with van der Waals surface area (Å²) >= 11 is 2.35. The van der Waals surface area contributed by atoms with Crippen molar-refractivity contribution in [1.82, 2.24) is 0 Å². The van der Waals surface area contributed by atoms with Gasteiger partial charge in [-0.2, -0.15) is 0 Å². The minimum absolute atomic E-state index is 0. The summed E-state index contributed by atoms with van der Waals surface area (Å²) in [6, 6.07) is 19.6. The smallest absolute Gasteiger partial charge is 0.357 e. The van der Waals surface area contributed by atoms with Crippen molar-refractivity contribution in [3.05, 3.63) is 65.3 Å². The van der Waals surface area contributed by atoms with E-state index in [-0.39, 0.29) is 38.2 Å². The molecule has 2 rings (SSSR count). The maximum absolute atomic E-state index is 2.34. The predicted octanol–water partition coefficient (Wildman–Crippen LogP) is -2.58. The quantitative estimate of drug-likeness (QED) is 0.409. The van der Waals surface area contributed by atoms with Crippen molar-refractivity contribution >= 4 is 22.6 Å². The maximum Gasteiger partial charge on any atom is 0.357 e. The Hall–Kier alpha value is 0.380. The largest absolute Gasteiger partial charge is 1.00 e. The molecule has 0 unspecified atom stereocenters. The monoisotopic (exact) mass is 486 g/mol. The highest BCUT2D eigenvalue weighted by Gasteiger charge is 2.13. The van der Waals surface area contributed by atoms with Gasteiger partial charge in [-0.05, 0) is 59.0 Å². The fourth-order valence-electron chi connectivity index (χ4n) is 1.10. The van der Waals surface area contributed by atoms with Gasteiger partial charge in [0.2, 0.25) is 0 Å². The molecule has 0 bridgehead atoms. The van der Waals surface area contributed by atoms with Gasteiger partial charge in [-0.3, -0.25) is 0 Å². The van der Waals surface area contributed by atoms with Gasteiger partial charge in [-0.25, -0.2) is 0 Å². The van der Waals surface area contributed by atoms with E-state index in [1.165, 1.54) is 10.7 Å². The molecule has 0 heterocycles. The molecule has 0 saturated heterocycles. The van der Waals surface area contributed by atoms with Crippen LogP contribution in [-0.2, 0) is 0 Å². The summed E-state index contributed by atoms with van der Waals surface area (Å²) in [5.41, 5.74) is 0. The molecule has 0 aliphatic heterocycles. The molecule has 0 aliphatic rings. The molecule has 0 radical (unpaired) electrons. The van der Waals surface area contributed by atoms with E-state index in [1.54, 1.807) is 0 Å². The number of benzene rings is 2. The highest BCUT2D eigenvalue weighted by Crippen LogP contribution is 2.00. The zero-order valence-corrected chi connectivity index (χ0v) is 13.7. The zero-order valence-electron chi connectivity index (χ0n) is 7.83. The minimum atomic E-state index is 0. The normalized spacial score (nSPS) is 9.40. The average Bonchev–Trinajstić information content (AvgIpc) is 2.23. The third-order valence-electron chi connectivity index (χ3n) is 1.75. The van der Waals surface area contributed by atoms with Gasteiger partial charge in [0.15, 0.2) is 7.14 Å². The second kappa shape index (κ2) is 6.85. The fraction of sp³-hybridized carbons (Fsp3) is 0. The van der Waals surface area contributed by atoms with E-state index < -0.39 is 0 Å². The van der Waals surface area contributed by atoms with Gasteiger partial charge in [-0.1, -0.05) is 18.2 Å². The first-order valence-corrected chi connectivity index (χ1v) is 7.54. The molecule has 0 fully saturated rings. The molecule has 3 heteroatoms. The highest BCUT2D eigenvalue weighted by atomic mass is 127. The number of rotatable bonds is 2. The van der Waals surface area contributed by atoms with Crippen LogP contribution in [0, 0.1) is 10.7 Å². The first-order valence-electron chi connectivity index (χ1n) is 4.30. The molecular formula is C12H9BrI2. The third kappa shape index (κ3) is 4.40. The van der Waals surface area contributed by atoms with E-state index in [4.69, 9.17) is 0 Å². The summed E-state index contributed by atoms with van der Waals surface area (Å²) < 4.78 is 4.27. The maximum atomic E-state index is 2.34. The van der Waals surface area contributed by atoms with Gasteiger partial charge in [0.05, 0.1) is 0 Å². The van der Waals surface area contributed by atoms with E-state index in [0.29, 0.717) is 0 Å². The molecule has 0 nitrogen and oxygen atoms in total. The molecule has 78 valence electrons. The summed E-state index contributed by atoms with van der Waals surface area (Å²) in [4.78, 5) is 0. The molecule has 2 aromatic carbocycles. The van der Waals surface area contributed by atoms with Gasteiger partial charge in [0.1, 0.15) is 0 Å². The Morgan fingerprint density at radius 3 is 1.87 bits per heavy atom. The SMILES string of the molecule is Ic1ccc([I+]c2ccccc2)cc1.[Br-]. The molecule has 0 aromatic heterocycles. The minimum Gasteiger partial charge on any atom is -1.00 e. The lowest BCUT2D eigenvalue weighted by molar-refractivity contribution is -0.597. The van der Waals surface area contributed by atoms with Gasteiger partial charge < -0.3 is 17.0 Å². The van der Waals surface area contributed by atoms with Crippen molar-refractivity contribution in [1.29, 1.82) is 0 Å². The molecule has 0 atom stereocenters. The third-order valence-corrected chi connectivity index (χ3v) is 5.16. The Bertz CT molecular complexity index is 398. The summed E-state index contributed by atoms with van der Waals surface area (Å²) in [7, 11) is 0. The van der Waals surface area contributed by atoms with Gasteiger partial charge in [-0.15, -0.1) is 0 Å². The molecular weight excluding hydrogens is 478 g/mol. The number of halogens is 3. The van der Waals surface area contributed by atoms with Crippen molar-refractivity contribution in [3.8, 4) is 0 Å². The Morgan fingerprint density at radius 1 is 0.733 bits per heavy atom. The second-order valence-corrected chi connectivity index (χ2v) is 7.10. The van der Waals surface area contributed by atoms with Crippen LogP contribution in [0.25, 0.3) is 0 Å². The van der Waals surface area contributed by atoms with E-state index in [2.05, 4.69) is 77.2 Å². The van der Waals surface area contributed by atoms with Crippen LogP contribution in [0.1, 0.15) is 0 Å². The fourth-order valence-corrected chi connectivity index (χ4v) is 3.67. The number of hydrogen-bond donors (Lipinski definition) is 0. The Labute approximate surface area is 125 Å². The lowest BCUT2D eigenvalue weighted by Gasteiger charge is -1.87. The molecule has 0 N–H and O–H groups in total. The van der Waals surface area contributed by atoms with E-state index in [9.17, 15) is 0 Å². The van der Waals surface area contributed by atoms with Crippen LogP contribution >= 0.6 is 22.6 Å². The van der Waals surface area contributed by atoms with Crippen LogP contribution in [0.15, 0.2) is 54.6 Å². The summed E-state index contributed by atoms with van der Waals surface area (Å²) in [5, 5.41) is 0. The van der Waals surface area contributed by atoms with Gasteiger partial charge in [0, 0.05) is 3.57 Å². The average molecular weight is 487 g/mol. The lowest BCUT2D eigenvalue weighted by Crippen LogP contribution is -3.61. The Morgan fingerprint density at radius 2 is 1.27 bits per heavy atom. The molecule has 0 spiro atoms. The Kier molecular flexibility index (Phi) is 6.14.